The number of nitrogens with zero attached hydrogens (tertiary/aromatic N) is 9. The van der Waals surface area contributed by atoms with Gasteiger partial charge in [-0.25, -0.2) is 34.9 Å². The molecule has 0 saturated carbocycles. The number of rotatable bonds is 16. The number of nitrogen functional groups attached to an aromatic ring is 2. The topological polar surface area (TPSA) is 281 Å². The summed E-state index contributed by atoms with van der Waals surface area (Å²) in [4.78, 5) is 78.0. The lowest BCUT2D eigenvalue weighted by Crippen LogP contribution is -2.28. The highest BCUT2D eigenvalue weighted by Crippen LogP contribution is 2.21. The number of nitrogens with one attached hydrogen (secondary N) is 4. The van der Waals surface area contributed by atoms with Gasteiger partial charge in [0.05, 0.1) is 12.7 Å². The van der Waals surface area contributed by atoms with Crippen LogP contribution in [0.1, 0.15) is 31.2 Å². The summed E-state index contributed by atoms with van der Waals surface area (Å²) in [5.74, 6) is -0.0245. The van der Waals surface area contributed by atoms with Gasteiger partial charge >= 0.3 is 0 Å². The fourth-order valence-electron chi connectivity index (χ4n) is 5.05. The van der Waals surface area contributed by atoms with E-state index in [1.807, 2.05) is 0 Å². The maximum Gasteiger partial charge on any atom is 0.228 e. The molecular formula is C33H35N15O5. The number of aliphatic imine (C=N–C) groups is 1. The third-order valence-electron chi connectivity index (χ3n) is 7.76. The van der Waals surface area contributed by atoms with Gasteiger partial charge in [0.2, 0.25) is 35.4 Å². The number of hydrogen-bond acceptors (Lipinski definition) is 14. The maximum atomic E-state index is 12.4. The monoisotopic (exact) mass is 721 g/mol. The van der Waals surface area contributed by atoms with Crippen LogP contribution in [0.2, 0.25) is 0 Å². The van der Waals surface area contributed by atoms with E-state index >= 15 is 0 Å². The molecule has 8 N–H and O–H groups in total. The Balaban J connectivity index is 0.850. The van der Waals surface area contributed by atoms with Crippen LogP contribution in [0.4, 0.5) is 29.1 Å². The van der Waals surface area contributed by atoms with Crippen LogP contribution in [-0.2, 0) is 32.3 Å². The van der Waals surface area contributed by atoms with Crippen LogP contribution >= 0.6 is 0 Å². The van der Waals surface area contributed by atoms with E-state index in [-0.39, 0.29) is 85.8 Å². The summed E-state index contributed by atoms with van der Waals surface area (Å²) in [7, 11) is 0. The molecule has 0 spiro atoms. The van der Waals surface area contributed by atoms with Gasteiger partial charge in [-0.1, -0.05) is 12.1 Å². The smallest absolute Gasteiger partial charge is 0.228 e. The summed E-state index contributed by atoms with van der Waals surface area (Å²) in [5.41, 5.74) is 15.0. The Kier molecular flexibility index (Phi) is 11.2. The molecule has 20 nitrogen and oxygen atoms in total. The fraction of sp³-hybridized carbons (Fsp3) is 0.242. The molecule has 4 amide bonds. The van der Waals surface area contributed by atoms with Crippen LogP contribution in [0.3, 0.4) is 0 Å². The highest BCUT2D eigenvalue weighted by atomic mass is 16.4. The van der Waals surface area contributed by atoms with Crippen molar-refractivity contribution in [3.8, 4) is 0 Å². The molecule has 0 fully saturated rings. The normalized spacial score (nSPS) is 11.2. The molecule has 0 atom stereocenters. The van der Waals surface area contributed by atoms with Crippen molar-refractivity contribution in [2.45, 2.75) is 38.8 Å². The van der Waals surface area contributed by atoms with Crippen molar-refractivity contribution in [3.63, 3.8) is 0 Å². The lowest BCUT2D eigenvalue weighted by Gasteiger charge is -2.08. The Morgan fingerprint density at radius 1 is 0.660 bits per heavy atom. The average molecular weight is 722 g/mol. The van der Waals surface area contributed by atoms with E-state index in [0.29, 0.717) is 41.1 Å². The van der Waals surface area contributed by atoms with Crippen LogP contribution in [0, 0.1) is 0 Å². The average Bonchev–Trinajstić information content (AvgIpc) is 3.89. The van der Waals surface area contributed by atoms with Crippen molar-refractivity contribution in [2.24, 2.45) is 4.99 Å². The summed E-state index contributed by atoms with van der Waals surface area (Å²) >= 11 is 0. The molecule has 6 rings (SSSR count). The second kappa shape index (κ2) is 16.6. The van der Waals surface area contributed by atoms with Gasteiger partial charge in [0.15, 0.2) is 22.9 Å². The zero-order valence-electron chi connectivity index (χ0n) is 28.2. The molecule has 5 heterocycles. The van der Waals surface area contributed by atoms with Crippen molar-refractivity contribution in [2.75, 3.05) is 35.2 Å². The van der Waals surface area contributed by atoms with Gasteiger partial charge in [0.1, 0.15) is 23.7 Å². The molecule has 0 radical (unpaired) electrons. The zero-order valence-corrected chi connectivity index (χ0v) is 28.2. The molecule has 272 valence electrons. The lowest BCUT2D eigenvalue weighted by atomic mass is 10.2. The first-order valence-corrected chi connectivity index (χ1v) is 16.4. The van der Waals surface area contributed by atoms with Crippen LogP contribution in [0.15, 0.2) is 71.1 Å². The van der Waals surface area contributed by atoms with E-state index in [1.165, 1.54) is 12.7 Å². The van der Waals surface area contributed by atoms with E-state index < -0.39 is 0 Å². The number of aromatic nitrogens is 8. The number of carbonyl (C=O) groups is 4. The molecule has 0 aliphatic carbocycles. The van der Waals surface area contributed by atoms with Crippen LogP contribution in [0.25, 0.3) is 22.3 Å². The summed E-state index contributed by atoms with van der Waals surface area (Å²) in [6.45, 7) is 1.01. The Morgan fingerprint density at radius 2 is 1.21 bits per heavy atom. The molecule has 0 unspecified atom stereocenters. The standard InChI is InChI=1S/C33H35N15O5/c34-30-28-32(41-16-39-30)47(18-43-28)13-9-22(49)36-11-7-24(51)45-21-3-1-20(2-4-21)15-38-26-5-6-27(53-26)46-25(52)8-12-37-23(50)10-14-48-19-44-29-31(35)40-17-42-33(29)48/h1-6,15-19H,7-14H2,(H,36,49)(H,37,50)(H,45,51)(H,46,52)(H2,34,39,41)(H2,35,40,42). The fourth-order valence-corrected chi connectivity index (χ4v) is 5.05. The molecule has 0 aliphatic heterocycles. The minimum absolute atomic E-state index is 0.0398. The molecule has 20 heteroatoms. The van der Waals surface area contributed by atoms with E-state index in [0.717, 1.165) is 5.56 Å². The van der Waals surface area contributed by atoms with Gasteiger partial charge < -0.3 is 41.0 Å². The SMILES string of the molecule is Nc1ncnc2c1ncn2CCC(=O)NCCC(=O)Nc1ccc(C=Nc2ccc(NC(=O)CCNC(=O)CCn3cnc4c(N)ncnc43)o2)cc1. The molecule has 6 aromatic rings. The summed E-state index contributed by atoms with van der Waals surface area (Å²) < 4.78 is 9.00. The number of furan rings is 1. The maximum absolute atomic E-state index is 12.4. The quantitative estimate of drug-likeness (QED) is 0.0775. The van der Waals surface area contributed by atoms with Crippen molar-refractivity contribution in [3.05, 3.63) is 67.3 Å². The van der Waals surface area contributed by atoms with E-state index in [4.69, 9.17) is 15.9 Å². The van der Waals surface area contributed by atoms with Gasteiger partial charge in [-0.05, 0) is 17.7 Å². The number of imidazole rings is 2. The summed E-state index contributed by atoms with van der Waals surface area (Å²) in [6.07, 6.45) is 7.83. The largest absolute Gasteiger partial charge is 0.423 e. The first-order chi connectivity index (χ1) is 25.7. The number of hydrogen-bond donors (Lipinski definition) is 6. The molecule has 5 aromatic heterocycles. The minimum atomic E-state index is -0.343. The third-order valence-corrected chi connectivity index (χ3v) is 7.76. The molecule has 53 heavy (non-hydrogen) atoms. The van der Waals surface area contributed by atoms with Gasteiger partial charge in [-0.15, -0.1) is 0 Å². The van der Waals surface area contributed by atoms with Crippen molar-refractivity contribution in [1.29, 1.82) is 0 Å². The van der Waals surface area contributed by atoms with Gasteiger partial charge in [-0.2, -0.15) is 0 Å². The predicted molar refractivity (Wildman–Crippen MR) is 194 cm³/mol. The first kappa shape index (κ1) is 35.6. The van der Waals surface area contributed by atoms with E-state index in [2.05, 4.69) is 56.2 Å². The lowest BCUT2D eigenvalue weighted by molar-refractivity contribution is -0.122. The van der Waals surface area contributed by atoms with Crippen molar-refractivity contribution in [1.82, 2.24) is 49.7 Å². The molecule has 0 aliphatic rings. The van der Waals surface area contributed by atoms with Crippen molar-refractivity contribution < 1.29 is 23.6 Å². The highest BCUT2D eigenvalue weighted by Gasteiger charge is 2.12. The number of fused-ring (bicyclic) bond motifs is 2. The Morgan fingerprint density at radius 3 is 1.77 bits per heavy atom. The second-order valence-corrected chi connectivity index (χ2v) is 11.6. The third kappa shape index (κ3) is 9.51. The number of anilines is 4. The molecule has 1 aromatic carbocycles. The predicted octanol–water partition coefficient (Wildman–Crippen LogP) is 1.54. The number of nitrogens with two attached hydrogens (primary N) is 2. The summed E-state index contributed by atoms with van der Waals surface area (Å²) in [5, 5.41) is 10.9. The Bertz CT molecular complexity index is 2280. The first-order valence-electron chi connectivity index (χ1n) is 16.4. The minimum Gasteiger partial charge on any atom is -0.423 e. The Labute approximate surface area is 300 Å². The van der Waals surface area contributed by atoms with E-state index in [9.17, 15) is 19.2 Å². The Hall–Kier alpha value is -7.25. The highest BCUT2D eigenvalue weighted by molar-refractivity contribution is 5.92. The van der Waals surface area contributed by atoms with Crippen LogP contribution in [0.5, 0.6) is 0 Å². The number of benzene rings is 1. The van der Waals surface area contributed by atoms with Gasteiger partial charge in [0.25, 0.3) is 0 Å². The summed E-state index contributed by atoms with van der Waals surface area (Å²) in [6, 6.07) is 10.2. The van der Waals surface area contributed by atoms with Crippen LogP contribution < -0.4 is 32.7 Å². The molecule has 0 saturated heterocycles. The number of carbonyl (C=O) groups excluding carboxylic acids is 4. The number of amides is 4. The van der Waals surface area contributed by atoms with Crippen molar-refractivity contribution >= 4 is 81.3 Å². The van der Waals surface area contributed by atoms with Gasteiger partial charge in [0, 0.05) is 75.9 Å². The van der Waals surface area contributed by atoms with E-state index in [1.54, 1.807) is 64.4 Å². The van der Waals surface area contributed by atoms with Gasteiger partial charge in [-0.3, -0.25) is 24.5 Å². The number of aryl methyl sites for hydroxylation is 2. The molecular weight excluding hydrogens is 686 g/mol. The second-order valence-electron chi connectivity index (χ2n) is 11.6. The van der Waals surface area contributed by atoms with Crippen LogP contribution in [-0.4, -0.2) is 82.0 Å². The zero-order chi connectivity index (χ0) is 37.2. The molecule has 0 bridgehead atoms.